The van der Waals surface area contributed by atoms with Crippen molar-refractivity contribution in [2.75, 3.05) is 26.9 Å². The molecule has 1 saturated carbocycles. The normalized spacial score (nSPS) is 22.7. The van der Waals surface area contributed by atoms with E-state index in [9.17, 15) is 5.11 Å². The molecule has 0 aromatic heterocycles. The summed E-state index contributed by atoms with van der Waals surface area (Å²) >= 11 is 0. The van der Waals surface area contributed by atoms with Gasteiger partial charge in [-0.25, -0.2) is 0 Å². The van der Waals surface area contributed by atoms with Crippen molar-refractivity contribution in [3.05, 3.63) is 28.8 Å². The third kappa shape index (κ3) is 1.65. The smallest absolute Gasteiger partial charge is 0.124 e. The van der Waals surface area contributed by atoms with Crippen LogP contribution in [0.3, 0.4) is 0 Å². The average Bonchev–Trinajstić information content (AvgIpc) is 3.08. The highest BCUT2D eigenvalue weighted by molar-refractivity contribution is 5.48. The lowest BCUT2D eigenvalue weighted by atomic mass is 9.66. The SMILES string of the molecule is COc1c(C)cc(C2(C3(CO)CC3)COC2)cc1C. The summed E-state index contributed by atoms with van der Waals surface area (Å²) in [6.07, 6.45) is 2.22. The number of aliphatic hydroxyl groups excluding tert-OH is 1. The van der Waals surface area contributed by atoms with Crippen LogP contribution in [0.4, 0.5) is 0 Å². The Bertz CT molecular complexity index is 476. The van der Waals surface area contributed by atoms with E-state index in [2.05, 4.69) is 26.0 Å². The molecule has 2 fully saturated rings. The molecule has 1 saturated heterocycles. The molecule has 1 aliphatic carbocycles. The number of ether oxygens (including phenoxy) is 2. The van der Waals surface area contributed by atoms with E-state index in [1.165, 1.54) is 5.56 Å². The number of rotatable bonds is 4. The van der Waals surface area contributed by atoms with Crippen LogP contribution in [0, 0.1) is 19.3 Å². The van der Waals surface area contributed by atoms with Gasteiger partial charge in [-0.2, -0.15) is 0 Å². The Labute approximate surface area is 114 Å². The summed E-state index contributed by atoms with van der Waals surface area (Å²) in [6.45, 7) is 5.90. The van der Waals surface area contributed by atoms with Crippen LogP contribution in [0.15, 0.2) is 12.1 Å². The van der Waals surface area contributed by atoms with Gasteiger partial charge in [-0.15, -0.1) is 0 Å². The molecule has 3 rings (SSSR count). The van der Waals surface area contributed by atoms with Crippen LogP contribution in [0.25, 0.3) is 0 Å². The van der Waals surface area contributed by atoms with E-state index in [0.29, 0.717) is 0 Å². The Morgan fingerprint density at radius 3 is 2.11 bits per heavy atom. The van der Waals surface area contributed by atoms with Crippen LogP contribution < -0.4 is 4.74 Å². The number of hydrogen-bond donors (Lipinski definition) is 1. The molecule has 19 heavy (non-hydrogen) atoms. The predicted octanol–water partition coefficient (Wildman–Crippen LogP) is 2.35. The van der Waals surface area contributed by atoms with Crippen LogP contribution >= 0.6 is 0 Å². The molecule has 1 aliphatic heterocycles. The van der Waals surface area contributed by atoms with Gasteiger partial charge < -0.3 is 14.6 Å². The van der Waals surface area contributed by atoms with E-state index in [4.69, 9.17) is 9.47 Å². The first kappa shape index (κ1) is 12.9. The second-order valence-corrected chi connectivity index (χ2v) is 6.16. The zero-order chi connectivity index (χ0) is 13.7. The molecular weight excluding hydrogens is 240 g/mol. The van der Waals surface area contributed by atoms with Crippen LogP contribution in [0.2, 0.25) is 0 Å². The minimum Gasteiger partial charge on any atom is -0.496 e. The van der Waals surface area contributed by atoms with Crippen molar-refractivity contribution in [1.82, 2.24) is 0 Å². The maximum Gasteiger partial charge on any atom is 0.124 e. The van der Waals surface area contributed by atoms with Crippen LogP contribution in [0.5, 0.6) is 5.75 Å². The molecule has 1 aromatic carbocycles. The summed E-state index contributed by atoms with van der Waals surface area (Å²) in [5, 5.41) is 9.78. The number of methoxy groups -OCH3 is 1. The Balaban J connectivity index is 2.06. The molecule has 2 aliphatic rings. The Morgan fingerprint density at radius 1 is 1.21 bits per heavy atom. The first-order valence-electron chi connectivity index (χ1n) is 6.93. The Hall–Kier alpha value is -1.06. The molecule has 0 atom stereocenters. The number of benzene rings is 1. The lowest BCUT2D eigenvalue weighted by Gasteiger charge is -2.48. The number of aryl methyl sites for hydroxylation is 2. The Kier molecular flexibility index (Phi) is 2.88. The molecule has 104 valence electrons. The van der Waals surface area contributed by atoms with Gasteiger partial charge >= 0.3 is 0 Å². The van der Waals surface area contributed by atoms with Gasteiger partial charge in [0.25, 0.3) is 0 Å². The van der Waals surface area contributed by atoms with E-state index in [1.54, 1.807) is 7.11 Å². The molecule has 3 heteroatoms. The van der Waals surface area contributed by atoms with Crippen LogP contribution in [0.1, 0.15) is 29.5 Å². The summed E-state index contributed by atoms with van der Waals surface area (Å²) in [4.78, 5) is 0. The molecule has 1 N–H and O–H groups in total. The van der Waals surface area contributed by atoms with Crippen LogP contribution in [-0.4, -0.2) is 32.0 Å². The highest BCUT2D eigenvalue weighted by Crippen LogP contribution is 2.62. The van der Waals surface area contributed by atoms with Crippen molar-refractivity contribution in [2.24, 2.45) is 5.41 Å². The number of aliphatic hydroxyl groups is 1. The lowest BCUT2D eigenvalue weighted by Crippen LogP contribution is -2.55. The third-order valence-corrected chi connectivity index (χ3v) is 5.09. The summed E-state index contributed by atoms with van der Waals surface area (Å²) in [5.74, 6) is 0.966. The van der Waals surface area contributed by atoms with Gasteiger partial charge in [-0.3, -0.25) is 0 Å². The first-order valence-corrected chi connectivity index (χ1v) is 6.93. The third-order valence-electron chi connectivity index (χ3n) is 5.09. The fraction of sp³-hybridized carbons (Fsp3) is 0.625. The molecule has 3 nitrogen and oxygen atoms in total. The highest BCUT2D eigenvalue weighted by Gasteiger charge is 2.63. The van der Waals surface area contributed by atoms with Crippen molar-refractivity contribution >= 4 is 0 Å². The summed E-state index contributed by atoms with van der Waals surface area (Å²) < 4.78 is 11.0. The van der Waals surface area contributed by atoms with Gasteiger partial charge in [-0.05, 0) is 43.4 Å². The summed E-state index contributed by atoms with van der Waals surface area (Å²) in [6, 6.07) is 4.42. The van der Waals surface area contributed by atoms with Crippen molar-refractivity contribution < 1.29 is 14.6 Å². The largest absolute Gasteiger partial charge is 0.496 e. The molecule has 1 aromatic rings. The van der Waals surface area contributed by atoms with E-state index in [1.807, 2.05) is 0 Å². The molecule has 0 spiro atoms. The summed E-state index contributed by atoms with van der Waals surface area (Å²) in [5.41, 5.74) is 3.71. The molecule has 0 amide bonds. The van der Waals surface area contributed by atoms with Crippen molar-refractivity contribution in [3.8, 4) is 5.75 Å². The molecule has 1 heterocycles. The lowest BCUT2D eigenvalue weighted by molar-refractivity contribution is -0.110. The minimum atomic E-state index is 0.0174. The van der Waals surface area contributed by atoms with Gasteiger partial charge in [0.2, 0.25) is 0 Å². The second-order valence-electron chi connectivity index (χ2n) is 6.16. The van der Waals surface area contributed by atoms with Crippen molar-refractivity contribution in [3.63, 3.8) is 0 Å². The number of hydrogen-bond acceptors (Lipinski definition) is 3. The average molecular weight is 262 g/mol. The maximum atomic E-state index is 9.78. The van der Waals surface area contributed by atoms with E-state index >= 15 is 0 Å². The predicted molar refractivity (Wildman–Crippen MR) is 73.7 cm³/mol. The fourth-order valence-corrected chi connectivity index (χ4v) is 3.57. The minimum absolute atomic E-state index is 0.0174. The zero-order valence-corrected chi connectivity index (χ0v) is 12.0. The zero-order valence-electron chi connectivity index (χ0n) is 12.0. The van der Waals surface area contributed by atoms with Gasteiger partial charge in [0, 0.05) is 17.4 Å². The highest BCUT2D eigenvalue weighted by atomic mass is 16.5. The van der Waals surface area contributed by atoms with E-state index < -0.39 is 0 Å². The molecular formula is C16H22O3. The fourth-order valence-electron chi connectivity index (χ4n) is 3.57. The molecule has 0 radical (unpaired) electrons. The van der Waals surface area contributed by atoms with Gasteiger partial charge in [0.15, 0.2) is 0 Å². The maximum absolute atomic E-state index is 9.78. The van der Waals surface area contributed by atoms with Crippen molar-refractivity contribution in [1.29, 1.82) is 0 Å². The monoisotopic (exact) mass is 262 g/mol. The quantitative estimate of drug-likeness (QED) is 0.905. The van der Waals surface area contributed by atoms with Gasteiger partial charge in [0.05, 0.1) is 20.3 Å². The molecule has 0 unspecified atom stereocenters. The van der Waals surface area contributed by atoms with Crippen molar-refractivity contribution in [2.45, 2.75) is 32.1 Å². The first-order chi connectivity index (χ1) is 9.08. The second kappa shape index (κ2) is 4.22. The van der Waals surface area contributed by atoms with Gasteiger partial charge in [0.1, 0.15) is 5.75 Å². The topological polar surface area (TPSA) is 38.7 Å². The molecule has 0 bridgehead atoms. The van der Waals surface area contributed by atoms with Crippen LogP contribution in [-0.2, 0) is 10.2 Å². The summed E-state index contributed by atoms with van der Waals surface area (Å²) in [7, 11) is 1.72. The standard InChI is InChI=1S/C16H22O3/c1-11-6-13(7-12(2)14(11)18-3)16(9-19-10-16)15(8-17)4-5-15/h6-7,17H,4-5,8-10H2,1-3H3. The van der Waals surface area contributed by atoms with Gasteiger partial charge in [-0.1, -0.05) is 12.1 Å². The Morgan fingerprint density at radius 2 is 1.79 bits per heavy atom. The van der Waals surface area contributed by atoms with E-state index in [0.717, 1.165) is 42.9 Å². The van der Waals surface area contributed by atoms with E-state index in [-0.39, 0.29) is 17.4 Å².